The number of halogens is 2. The van der Waals surface area contributed by atoms with Gasteiger partial charge in [-0.15, -0.1) is 0 Å². The van der Waals surface area contributed by atoms with Crippen molar-refractivity contribution in [3.63, 3.8) is 0 Å². The SMILES string of the molecule is CCOc1cccc(OCC(=O)Nc2ccc(Cl)cc2Cl)c1. The number of amides is 1. The Morgan fingerprint density at radius 2 is 1.82 bits per heavy atom. The zero-order valence-corrected chi connectivity index (χ0v) is 13.4. The van der Waals surface area contributed by atoms with Crippen molar-refractivity contribution < 1.29 is 14.3 Å². The molecule has 0 aliphatic heterocycles. The van der Waals surface area contributed by atoms with E-state index in [9.17, 15) is 4.79 Å². The van der Waals surface area contributed by atoms with Gasteiger partial charge in [-0.1, -0.05) is 29.3 Å². The summed E-state index contributed by atoms with van der Waals surface area (Å²) in [7, 11) is 0. The van der Waals surface area contributed by atoms with Crippen LogP contribution in [0.4, 0.5) is 5.69 Å². The quantitative estimate of drug-likeness (QED) is 0.847. The van der Waals surface area contributed by atoms with Gasteiger partial charge in [-0.3, -0.25) is 4.79 Å². The average Bonchev–Trinajstić information content (AvgIpc) is 2.49. The molecule has 0 aromatic heterocycles. The predicted molar refractivity (Wildman–Crippen MR) is 88.2 cm³/mol. The maximum absolute atomic E-state index is 11.9. The molecule has 2 rings (SSSR count). The Labute approximate surface area is 138 Å². The highest BCUT2D eigenvalue weighted by Crippen LogP contribution is 2.25. The highest BCUT2D eigenvalue weighted by Gasteiger charge is 2.07. The van der Waals surface area contributed by atoms with Crippen LogP contribution in [0.1, 0.15) is 6.92 Å². The molecule has 22 heavy (non-hydrogen) atoms. The van der Waals surface area contributed by atoms with E-state index in [0.717, 1.165) is 0 Å². The van der Waals surface area contributed by atoms with Crippen LogP contribution in [0.15, 0.2) is 42.5 Å². The van der Waals surface area contributed by atoms with Crippen molar-refractivity contribution in [2.45, 2.75) is 6.92 Å². The number of rotatable bonds is 6. The molecule has 0 aliphatic rings. The summed E-state index contributed by atoms with van der Waals surface area (Å²) in [5, 5.41) is 3.54. The maximum atomic E-state index is 11.9. The molecule has 0 bridgehead atoms. The summed E-state index contributed by atoms with van der Waals surface area (Å²) >= 11 is 11.8. The molecule has 2 aromatic rings. The molecule has 0 unspecified atom stereocenters. The van der Waals surface area contributed by atoms with E-state index in [2.05, 4.69) is 5.32 Å². The third kappa shape index (κ3) is 4.83. The minimum Gasteiger partial charge on any atom is -0.494 e. The number of carbonyl (C=O) groups excluding carboxylic acids is 1. The molecule has 116 valence electrons. The van der Waals surface area contributed by atoms with Gasteiger partial charge in [0.15, 0.2) is 6.61 Å². The van der Waals surface area contributed by atoms with Gasteiger partial charge in [0.1, 0.15) is 11.5 Å². The molecule has 0 heterocycles. The van der Waals surface area contributed by atoms with Crippen LogP contribution in [-0.2, 0) is 4.79 Å². The highest BCUT2D eigenvalue weighted by atomic mass is 35.5. The van der Waals surface area contributed by atoms with E-state index in [1.54, 1.807) is 36.4 Å². The van der Waals surface area contributed by atoms with Crippen molar-refractivity contribution in [2.75, 3.05) is 18.5 Å². The largest absolute Gasteiger partial charge is 0.494 e. The topological polar surface area (TPSA) is 47.6 Å². The van der Waals surface area contributed by atoms with Gasteiger partial charge < -0.3 is 14.8 Å². The summed E-state index contributed by atoms with van der Waals surface area (Å²) in [6, 6.07) is 12.0. The van der Waals surface area contributed by atoms with Gasteiger partial charge in [0.2, 0.25) is 0 Å². The molecule has 2 aromatic carbocycles. The number of hydrogen-bond acceptors (Lipinski definition) is 3. The Hall–Kier alpha value is -1.91. The Balaban J connectivity index is 1.91. The van der Waals surface area contributed by atoms with E-state index in [0.29, 0.717) is 33.8 Å². The Kier molecular flexibility index (Phi) is 5.92. The van der Waals surface area contributed by atoms with Crippen LogP contribution in [0.2, 0.25) is 10.0 Å². The van der Waals surface area contributed by atoms with E-state index >= 15 is 0 Å². The minimum atomic E-state index is -0.314. The molecule has 0 saturated heterocycles. The number of anilines is 1. The molecule has 0 saturated carbocycles. The maximum Gasteiger partial charge on any atom is 0.262 e. The molecule has 1 amide bonds. The molecule has 6 heteroatoms. The molecular formula is C16H15Cl2NO3. The van der Waals surface area contributed by atoms with E-state index < -0.39 is 0 Å². The van der Waals surface area contributed by atoms with Crippen LogP contribution in [0.5, 0.6) is 11.5 Å². The molecule has 0 aliphatic carbocycles. The lowest BCUT2D eigenvalue weighted by Gasteiger charge is -2.10. The normalized spacial score (nSPS) is 10.1. The smallest absolute Gasteiger partial charge is 0.262 e. The third-order valence-electron chi connectivity index (χ3n) is 2.69. The first kappa shape index (κ1) is 16.5. The summed E-state index contributed by atoms with van der Waals surface area (Å²) in [5.41, 5.74) is 0.489. The van der Waals surface area contributed by atoms with Crippen LogP contribution in [-0.4, -0.2) is 19.1 Å². The molecule has 0 fully saturated rings. The summed E-state index contributed by atoms with van der Waals surface area (Å²) in [5.74, 6) is 0.940. The third-order valence-corrected chi connectivity index (χ3v) is 3.24. The molecule has 1 N–H and O–H groups in total. The average molecular weight is 340 g/mol. The fourth-order valence-corrected chi connectivity index (χ4v) is 2.20. The highest BCUT2D eigenvalue weighted by molar-refractivity contribution is 6.36. The van der Waals surface area contributed by atoms with Crippen LogP contribution in [0, 0.1) is 0 Å². The Morgan fingerprint density at radius 1 is 1.09 bits per heavy atom. The summed E-state index contributed by atoms with van der Waals surface area (Å²) in [4.78, 5) is 11.9. The van der Waals surface area contributed by atoms with Crippen molar-refractivity contribution in [1.29, 1.82) is 0 Å². The van der Waals surface area contributed by atoms with Crippen molar-refractivity contribution in [1.82, 2.24) is 0 Å². The fourth-order valence-electron chi connectivity index (χ4n) is 1.75. The van der Waals surface area contributed by atoms with E-state index in [1.807, 2.05) is 13.0 Å². The molecule has 4 nitrogen and oxygen atoms in total. The Morgan fingerprint density at radius 3 is 2.50 bits per heavy atom. The molecule has 0 spiro atoms. The second-order valence-corrected chi connectivity index (χ2v) is 5.21. The number of hydrogen-bond donors (Lipinski definition) is 1. The lowest BCUT2D eigenvalue weighted by atomic mass is 10.3. The first-order valence-corrected chi connectivity index (χ1v) is 7.44. The molecule has 0 atom stereocenters. The van der Waals surface area contributed by atoms with Gasteiger partial charge in [-0.25, -0.2) is 0 Å². The lowest BCUT2D eigenvalue weighted by molar-refractivity contribution is -0.118. The van der Waals surface area contributed by atoms with Crippen LogP contribution >= 0.6 is 23.2 Å². The van der Waals surface area contributed by atoms with Crippen LogP contribution in [0.25, 0.3) is 0 Å². The van der Waals surface area contributed by atoms with Crippen molar-refractivity contribution in [3.8, 4) is 11.5 Å². The van der Waals surface area contributed by atoms with E-state index in [1.165, 1.54) is 0 Å². The van der Waals surface area contributed by atoms with Gasteiger partial charge in [0.25, 0.3) is 5.91 Å². The first-order chi connectivity index (χ1) is 10.6. The number of carbonyl (C=O) groups is 1. The van der Waals surface area contributed by atoms with Gasteiger partial charge in [0.05, 0.1) is 17.3 Å². The van der Waals surface area contributed by atoms with Gasteiger partial charge in [0, 0.05) is 11.1 Å². The summed E-state index contributed by atoms with van der Waals surface area (Å²) < 4.78 is 10.8. The number of ether oxygens (including phenoxy) is 2. The van der Waals surface area contributed by atoms with Crippen LogP contribution < -0.4 is 14.8 Å². The minimum absolute atomic E-state index is 0.130. The second kappa shape index (κ2) is 7.92. The standard InChI is InChI=1S/C16H15Cl2NO3/c1-2-21-12-4-3-5-13(9-12)22-10-16(20)19-15-7-6-11(17)8-14(15)18/h3-9H,2,10H2,1H3,(H,19,20). The zero-order valence-electron chi connectivity index (χ0n) is 11.9. The van der Waals surface area contributed by atoms with Gasteiger partial charge >= 0.3 is 0 Å². The Bertz CT molecular complexity index is 662. The van der Waals surface area contributed by atoms with Crippen molar-refractivity contribution in [2.24, 2.45) is 0 Å². The number of benzene rings is 2. The van der Waals surface area contributed by atoms with E-state index in [4.69, 9.17) is 32.7 Å². The van der Waals surface area contributed by atoms with Crippen molar-refractivity contribution >= 4 is 34.8 Å². The predicted octanol–water partition coefficient (Wildman–Crippen LogP) is 4.41. The molecule has 0 radical (unpaired) electrons. The number of nitrogens with one attached hydrogen (secondary N) is 1. The lowest BCUT2D eigenvalue weighted by Crippen LogP contribution is -2.20. The van der Waals surface area contributed by atoms with Crippen molar-refractivity contribution in [3.05, 3.63) is 52.5 Å². The summed E-state index contributed by atoms with van der Waals surface area (Å²) in [6.07, 6.45) is 0. The monoisotopic (exact) mass is 339 g/mol. The fraction of sp³-hybridized carbons (Fsp3) is 0.188. The van der Waals surface area contributed by atoms with Gasteiger partial charge in [-0.2, -0.15) is 0 Å². The first-order valence-electron chi connectivity index (χ1n) is 6.69. The second-order valence-electron chi connectivity index (χ2n) is 4.37. The zero-order chi connectivity index (χ0) is 15.9. The van der Waals surface area contributed by atoms with Crippen LogP contribution in [0.3, 0.4) is 0 Å². The van der Waals surface area contributed by atoms with E-state index in [-0.39, 0.29) is 12.5 Å². The molecular weight excluding hydrogens is 325 g/mol. The van der Waals surface area contributed by atoms with Gasteiger partial charge in [-0.05, 0) is 37.3 Å². The summed E-state index contributed by atoms with van der Waals surface area (Å²) in [6.45, 7) is 2.34.